The van der Waals surface area contributed by atoms with Crippen LogP contribution in [-0.4, -0.2) is 56.0 Å². The topological polar surface area (TPSA) is 83.3 Å². The average Bonchev–Trinajstić information content (AvgIpc) is 3.15. The second-order valence-electron chi connectivity index (χ2n) is 8.91. The van der Waals surface area contributed by atoms with E-state index >= 15 is 0 Å². The fraction of sp³-hybridized carbons (Fsp3) is 0.448. The molecule has 7 nitrogen and oxygen atoms in total. The molecule has 1 saturated heterocycles. The van der Waals surface area contributed by atoms with Gasteiger partial charge in [0.15, 0.2) is 0 Å². The molecule has 2 aromatic carbocycles. The maximum atomic E-state index is 13.6. The fourth-order valence-electron chi connectivity index (χ4n) is 4.54. The van der Waals surface area contributed by atoms with Gasteiger partial charge in [0.1, 0.15) is 11.5 Å². The molecule has 1 aliphatic heterocycles. The number of hydrogen-bond acceptors (Lipinski definition) is 5. The molecule has 1 N–H and O–H groups in total. The third-order valence-electron chi connectivity index (χ3n) is 6.56. The van der Waals surface area contributed by atoms with Crippen LogP contribution in [0.1, 0.15) is 57.7 Å². The monoisotopic (exact) mass is 494 g/mol. The van der Waals surface area contributed by atoms with E-state index in [0.29, 0.717) is 36.8 Å². The first kappa shape index (κ1) is 27.3. The van der Waals surface area contributed by atoms with Crippen molar-refractivity contribution in [3.8, 4) is 11.5 Å². The van der Waals surface area contributed by atoms with Crippen molar-refractivity contribution >= 4 is 17.4 Å². The summed E-state index contributed by atoms with van der Waals surface area (Å²) in [5.74, 6) is -0.403. The number of hydrogen-bond donors (Lipinski definition) is 1. The van der Waals surface area contributed by atoms with Gasteiger partial charge in [0.2, 0.25) is 5.78 Å². The standard InChI is InChI=1S/C29H38N2O5/c1-5-20-36-24-14-10-21(11-15-24)26-25(27(32)22-12-16-23(17-13-22)35-8-4)28(33)29(34)31(26)19-9-18-30(6-2)7-3/h10-17,26,32H,5-9,18-20H2,1-4H3. The van der Waals surface area contributed by atoms with Crippen LogP contribution < -0.4 is 19.5 Å². The normalized spacial score (nSPS) is 17.1. The highest BCUT2D eigenvalue weighted by atomic mass is 16.5. The van der Waals surface area contributed by atoms with Gasteiger partial charge in [-0.1, -0.05) is 36.9 Å². The van der Waals surface area contributed by atoms with Crippen LogP contribution in [0, 0.1) is 0 Å². The lowest BCUT2D eigenvalue weighted by molar-refractivity contribution is -0.896. The Morgan fingerprint density at radius 1 is 0.917 bits per heavy atom. The maximum Gasteiger partial charge on any atom is 0.295 e. The molecule has 7 heteroatoms. The molecule has 0 radical (unpaired) electrons. The number of nitrogens with one attached hydrogen (secondary N) is 1. The molecular weight excluding hydrogens is 456 g/mol. The third kappa shape index (κ3) is 6.26. The molecule has 1 aliphatic rings. The zero-order valence-corrected chi connectivity index (χ0v) is 21.8. The molecular formula is C29H38N2O5. The summed E-state index contributed by atoms with van der Waals surface area (Å²) in [4.78, 5) is 29.3. The van der Waals surface area contributed by atoms with Gasteiger partial charge in [-0.2, -0.15) is 0 Å². The summed E-state index contributed by atoms with van der Waals surface area (Å²) in [5, 5.41) is 13.6. The van der Waals surface area contributed by atoms with E-state index in [0.717, 1.165) is 38.0 Å². The molecule has 0 spiro atoms. The van der Waals surface area contributed by atoms with Gasteiger partial charge in [0.25, 0.3) is 5.91 Å². The highest BCUT2D eigenvalue weighted by molar-refractivity contribution is 6.46. The van der Waals surface area contributed by atoms with Crippen LogP contribution in [0.5, 0.6) is 11.5 Å². The Morgan fingerprint density at radius 3 is 2.11 bits per heavy atom. The molecule has 0 saturated carbocycles. The molecule has 1 fully saturated rings. The Labute approximate surface area is 214 Å². The van der Waals surface area contributed by atoms with Crippen LogP contribution in [0.2, 0.25) is 0 Å². The smallest absolute Gasteiger partial charge is 0.295 e. The first-order valence-corrected chi connectivity index (χ1v) is 13.0. The lowest BCUT2D eigenvalue weighted by Gasteiger charge is -2.28. The van der Waals surface area contributed by atoms with E-state index in [1.54, 1.807) is 29.2 Å². The van der Waals surface area contributed by atoms with E-state index in [2.05, 4.69) is 13.8 Å². The summed E-state index contributed by atoms with van der Waals surface area (Å²) in [7, 11) is 0. The molecule has 36 heavy (non-hydrogen) atoms. The van der Waals surface area contributed by atoms with Crippen molar-refractivity contribution in [2.75, 3.05) is 39.4 Å². The highest BCUT2D eigenvalue weighted by Crippen LogP contribution is 2.39. The Hall–Kier alpha value is -3.32. The van der Waals surface area contributed by atoms with Crippen molar-refractivity contribution in [3.63, 3.8) is 0 Å². The first-order valence-electron chi connectivity index (χ1n) is 13.0. The summed E-state index contributed by atoms with van der Waals surface area (Å²) in [6.45, 7) is 12.6. The van der Waals surface area contributed by atoms with E-state index in [-0.39, 0.29) is 5.57 Å². The second-order valence-corrected chi connectivity index (χ2v) is 8.91. The molecule has 1 unspecified atom stereocenters. The van der Waals surface area contributed by atoms with Gasteiger partial charge in [-0.3, -0.25) is 9.59 Å². The van der Waals surface area contributed by atoms with Gasteiger partial charge in [-0.15, -0.1) is 0 Å². The minimum atomic E-state index is -0.726. The van der Waals surface area contributed by atoms with E-state index in [9.17, 15) is 14.7 Å². The summed E-state index contributed by atoms with van der Waals surface area (Å²) >= 11 is 0. The van der Waals surface area contributed by atoms with Gasteiger partial charge in [-0.05, 0) is 62.6 Å². The lowest BCUT2D eigenvalue weighted by atomic mass is 9.95. The molecule has 0 aliphatic carbocycles. The number of benzene rings is 2. The Balaban J connectivity index is 1.98. The highest BCUT2D eigenvalue weighted by Gasteiger charge is 2.44. The van der Waals surface area contributed by atoms with Gasteiger partial charge in [-0.25, -0.2) is 0 Å². The van der Waals surface area contributed by atoms with Crippen molar-refractivity contribution in [2.45, 2.75) is 46.6 Å². The lowest BCUT2D eigenvalue weighted by Crippen LogP contribution is -3.11. The number of carbonyl (C=O) groups is 2. The van der Waals surface area contributed by atoms with Crippen molar-refractivity contribution in [1.82, 2.24) is 4.90 Å². The Morgan fingerprint density at radius 2 is 1.53 bits per heavy atom. The van der Waals surface area contributed by atoms with Crippen molar-refractivity contribution in [1.29, 1.82) is 0 Å². The van der Waals surface area contributed by atoms with Crippen molar-refractivity contribution < 1.29 is 29.1 Å². The summed E-state index contributed by atoms with van der Waals surface area (Å²) in [5.41, 5.74) is 1.08. The molecule has 1 atom stereocenters. The number of amides is 1. The minimum Gasteiger partial charge on any atom is -0.872 e. The molecule has 194 valence electrons. The van der Waals surface area contributed by atoms with Crippen LogP contribution in [0.15, 0.2) is 54.1 Å². The number of Topliss-reactive ketones (excluding diaryl/α,β-unsaturated/α-hetero) is 1. The minimum absolute atomic E-state index is 0.00146. The third-order valence-corrected chi connectivity index (χ3v) is 6.56. The number of rotatable bonds is 13. The number of quaternary nitrogens is 1. The number of likely N-dealkylation sites (tertiary alicyclic amines) is 1. The van der Waals surface area contributed by atoms with E-state index in [4.69, 9.17) is 9.47 Å². The number of ketones is 1. The van der Waals surface area contributed by atoms with E-state index in [1.165, 1.54) is 4.90 Å². The Bertz CT molecular complexity index is 1040. The summed E-state index contributed by atoms with van der Waals surface area (Å²) in [6, 6.07) is 13.3. The zero-order valence-electron chi connectivity index (χ0n) is 21.8. The molecule has 3 rings (SSSR count). The van der Waals surface area contributed by atoms with Gasteiger partial charge in [0.05, 0.1) is 38.9 Å². The molecule has 1 amide bonds. The fourth-order valence-corrected chi connectivity index (χ4v) is 4.54. The van der Waals surface area contributed by atoms with Crippen molar-refractivity contribution in [2.24, 2.45) is 0 Å². The quantitative estimate of drug-likeness (QED) is 0.263. The Kier molecular flexibility index (Phi) is 9.94. The predicted octanol–water partition coefficient (Wildman–Crippen LogP) is 2.41. The number of nitrogens with zero attached hydrogens (tertiary/aromatic N) is 1. The zero-order chi connectivity index (χ0) is 26.1. The molecule has 0 aromatic heterocycles. The van der Waals surface area contributed by atoms with Gasteiger partial charge >= 0.3 is 0 Å². The molecule has 1 heterocycles. The molecule has 2 aromatic rings. The summed E-state index contributed by atoms with van der Waals surface area (Å²) < 4.78 is 11.2. The SMILES string of the molecule is CCCOc1ccc(C2C(=C([O-])c3ccc(OCC)cc3)C(=O)C(=O)N2CCC[NH+](CC)CC)cc1. The van der Waals surface area contributed by atoms with E-state index in [1.807, 2.05) is 38.1 Å². The average molecular weight is 495 g/mol. The largest absolute Gasteiger partial charge is 0.872 e. The second kappa shape index (κ2) is 13.1. The van der Waals surface area contributed by atoms with Crippen LogP contribution >= 0.6 is 0 Å². The van der Waals surface area contributed by atoms with Crippen LogP contribution in [0.25, 0.3) is 5.76 Å². The summed E-state index contributed by atoms with van der Waals surface area (Å²) in [6.07, 6.45) is 1.64. The van der Waals surface area contributed by atoms with Crippen LogP contribution in [-0.2, 0) is 9.59 Å². The van der Waals surface area contributed by atoms with Crippen LogP contribution in [0.4, 0.5) is 0 Å². The molecule has 0 bridgehead atoms. The predicted molar refractivity (Wildman–Crippen MR) is 138 cm³/mol. The van der Waals surface area contributed by atoms with Gasteiger partial charge in [0, 0.05) is 18.5 Å². The van der Waals surface area contributed by atoms with Gasteiger partial charge < -0.3 is 24.4 Å². The first-order chi connectivity index (χ1) is 17.4. The maximum absolute atomic E-state index is 13.6. The number of carbonyl (C=O) groups excluding carboxylic acids is 2. The van der Waals surface area contributed by atoms with E-state index < -0.39 is 23.5 Å². The van der Waals surface area contributed by atoms with Crippen LogP contribution in [0.3, 0.4) is 0 Å². The number of ether oxygens (including phenoxy) is 2. The van der Waals surface area contributed by atoms with Crippen molar-refractivity contribution in [3.05, 3.63) is 65.2 Å².